The number of carboxylic acid groups (broad SMARTS) is 1. The van der Waals surface area contributed by atoms with Gasteiger partial charge in [0.25, 0.3) is 0 Å². The van der Waals surface area contributed by atoms with Crippen LogP contribution in [0.5, 0.6) is 0 Å². The molecule has 0 aliphatic rings. The number of nitrogens with one attached hydrogen (secondary N) is 1. The van der Waals surface area contributed by atoms with Crippen LogP contribution in [0.15, 0.2) is 35.3 Å². The molecule has 0 saturated heterocycles. The van der Waals surface area contributed by atoms with E-state index >= 15 is 0 Å². The summed E-state index contributed by atoms with van der Waals surface area (Å²) in [4.78, 5) is 35.1. The molecule has 0 atom stereocenters. The average Bonchev–Trinajstić information content (AvgIpc) is 2.47. The lowest BCUT2D eigenvalue weighted by Gasteiger charge is -2.20. The molecule has 0 aliphatic carbocycles. The first-order valence-corrected chi connectivity index (χ1v) is 7.51. The molecule has 0 fully saturated rings. The van der Waals surface area contributed by atoms with Crippen LogP contribution in [0, 0.1) is 0 Å². The van der Waals surface area contributed by atoms with E-state index < -0.39 is 23.1 Å². The summed E-state index contributed by atoms with van der Waals surface area (Å²) >= 11 is 0. The smallest absolute Gasteiger partial charge is 0.407 e. The van der Waals surface area contributed by atoms with Gasteiger partial charge in [0.05, 0.1) is 5.52 Å². The molecule has 0 spiro atoms. The first-order chi connectivity index (χ1) is 11.2. The normalized spacial score (nSPS) is 11.3. The number of alkyl carbamates (subject to hydrolysis) is 1. The van der Waals surface area contributed by atoms with E-state index in [-0.39, 0.29) is 12.1 Å². The van der Waals surface area contributed by atoms with Gasteiger partial charge in [-0.05, 0) is 32.9 Å². The summed E-state index contributed by atoms with van der Waals surface area (Å²) in [6.45, 7) is 5.84. The molecule has 0 bridgehead atoms. The molecule has 2 rings (SSSR count). The van der Waals surface area contributed by atoms with Gasteiger partial charge in [-0.15, -0.1) is 0 Å². The number of carbonyl (C=O) groups is 2. The second kappa shape index (κ2) is 6.74. The molecule has 1 amide bonds. The highest BCUT2D eigenvalue weighted by Crippen LogP contribution is 2.12. The highest BCUT2D eigenvalue weighted by Gasteiger charge is 2.16. The van der Waals surface area contributed by atoms with Crippen molar-refractivity contribution in [3.8, 4) is 0 Å². The molecule has 2 N–H and O–H groups in total. The Hall–Kier alpha value is -2.83. The van der Waals surface area contributed by atoms with Gasteiger partial charge in [0, 0.05) is 24.7 Å². The van der Waals surface area contributed by atoms with E-state index in [0.717, 1.165) is 0 Å². The predicted octanol–water partition coefficient (Wildman–Crippen LogP) is 2.22. The molecule has 128 valence electrons. The zero-order valence-corrected chi connectivity index (χ0v) is 13.8. The minimum Gasteiger partial charge on any atom is -0.477 e. The number of amides is 1. The fourth-order valence-electron chi connectivity index (χ4n) is 2.28. The Morgan fingerprint density at radius 1 is 1.25 bits per heavy atom. The zero-order valence-electron chi connectivity index (χ0n) is 13.8. The molecule has 1 heterocycles. The van der Waals surface area contributed by atoms with E-state index in [4.69, 9.17) is 4.74 Å². The van der Waals surface area contributed by atoms with E-state index in [0.29, 0.717) is 17.4 Å². The molecule has 0 saturated carbocycles. The van der Waals surface area contributed by atoms with E-state index in [1.54, 1.807) is 49.6 Å². The lowest BCUT2D eigenvalue weighted by Crippen LogP contribution is -2.34. The van der Waals surface area contributed by atoms with Gasteiger partial charge in [-0.25, -0.2) is 9.59 Å². The molecule has 1 aromatic carbocycles. The highest BCUT2D eigenvalue weighted by molar-refractivity contribution is 5.92. The fourth-order valence-corrected chi connectivity index (χ4v) is 2.28. The lowest BCUT2D eigenvalue weighted by molar-refractivity contribution is 0.0525. The van der Waals surface area contributed by atoms with Crippen molar-refractivity contribution in [2.24, 2.45) is 0 Å². The molecule has 0 unspecified atom stereocenters. The Morgan fingerprint density at radius 2 is 1.92 bits per heavy atom. The van der Waals surface area contributed by atoms with Gasteiger partial charge in [0.2, 0.25) is 5.43 Å². The zero-order chi connectivity index (χ0) is 17.9. The summed E-state index contributed by atoms with van der Waals surface area (Å²) in [6.07, 6.45) is 0.746. The van der Waals surface area contributed by atoms with Crippen molar-refractivity contribution in [1.82, 2.24) is 9.88 Å². The Balaban J connectivity index is 2.23. The molecule has 0 radical (unpaired) electrons. The summed E-state index contributed by atoms with van der Waals surface area (Å²) in [5.74, 6) is -1.28. The van der Waals surface area contributed by atoms with Crippen LogP contribution in [0.2, 0.25) is 0 Å². The van der Waals surface area contributed by atoms with Gasteiger partial charge in [-0.2, -0.15) is 0 Å². The number of para-hydroxylation sites is 1. The number of hydrogen-bond donors (Lipinski definition) is 2. The molecular formula is C17H20N2O5. The predicted molar refractivity (Wildman–Crippen MR) is 89.4 cm³/mol. The maximum atomic E-state index is 12.2. The van der Waals surface area contributed by atoms with Crippen LogP contribution in [0.1, 0.15) is 31.1 Å². The van der Waals surface area contributed by atoms with Gasteiger partial charge in [0.1, 0.15) is 11.2 Å². The van der Waals surface area contributed by atoms with Crippen LogP contribution in [-0.2, 0) is 11.3 Å². The molecule has 0 aliphatic heterocycles. The number of aromatic nitrogens is 1. The molecular weight excluding hydrogens is 312 g/mol. The van der Waals surface area contributed by atoms with Crippen molar-refractivity contribution < 1.29 is 19.4 Å². The van der Waals surface area contributed by atoms with E-state index in [2.05, 4.69) is 5.32 Å². The summed E-state index contributed by atoms with van der Waals surface area (Å²) in [7, 11) is 0. The van der Waals surface area contributed by atoms with Crippen LogP contribution in [0.4, 0.5) is 4.79 Å². The standard InChI is InChI=1S/C17H20N2O5/c1-17(2,3)24-16(23)18-8-9-19-10-12(15(21)22)14(20)11-6-4-5-7-13(11)19/h4-7,10H,8-9H2,1-3H3,(H,18,23)(H,21,22). The third kappa shape index (κ3) is 4.13. The van der Waals surface area contributed by atoms with Gasteiger partial charge < -0.3 is 19.7 Å². The van der Waals surface area contributed by atoms with Crippen LogP contribution in [0.25, 0.3) is 10.9 Å². The summed E-state index contributed by atoms with van der Waals surface area (Å²) in [5, 5.41) is 12.1. The minimum absolute atomic E-state index is 0.237. The Bertz CT molecular complexity index is 833. The van der Waals surface area contributed by atoms with Crippen molar-refractivity contribution in [2.75, 3.05) is 6.54 Å². The molecule has 2 aromatic rings. The summed E-state index contributed by atoms with van der Waals surface area (Å²) < 4.78 is 6.78. The number of nitrogens with zero attached hydrogens (tertiary/aromatic N) is 1. The molecule has 24 heavy (non-hydrogen) atoms. The molecule has 7 heteroatoms. The number of rotatable bonds is 4. The van der Waals surface area contributed by atoms with E-state index in [1.165, 1.54) is 6.20 Å². The minimum atomic E-state index is -1.28. The van der Waals surface area contributed by atoms with Crippen LogP contribution >= 0.6 is 0 Å². The molecule has 7 nitrogen and oxygen atoms in total. The number of hydrogen-bond acceptors (Lipinski definition) is 4. The van der Waals surface area contributed by atoms with Crippen molar-refractivity contribution >= 4 is 23.0 Å². The third-order valence-electron chi connectivity index (χ3n) is 3.24. The number of pyridine rings is 1. The van der Waals surface area contributed by atoms with Gasteiger partial charge in [-0.1, -0.05) is 12.1 Å². The van der Waals surface area contributed by atoms with Crippen molar-refractivity contribution in [1.29, 1.82) is 0 Å². The molecule has 1 aromatic heterocycles. The monoisotopic (exact) mass is 332 g/mol. The van der Waals surface area contributed by atoms with Crippen molar-refractivity contribution in [2.45, 2.75) is 32.9 Å². The Labute approximate surface area is 138 Å². The number of ether oxygens (including phenoxy) is 1. The fraction of sp³-hybridized carbons (Fsp3) is 0.353. The Kier molecular flexibility index (Phi) is 4.92. The number of benzene rings is 1. The number of carbonyl (C=O) groups excluding carboxylic acids is 1. The second-order valence-corrected chi connectivity index (χ2v) is 6.32. The number of fused-ring (bicyclic) bond motifs is 1. The van der Waals surface area contributed by atoms with Crippen LogP contribution in [0.3, 0.4) is 0 Å². The van der Waals surface area contributed by atoms with Crippen LogP contribution in [-0.4, -0.2) is 33.9 Å². The van der Waals surface area contributed by atoms with Gasteiger partial charge >= 0.3 is 12.1 Å². The van der Waals surface area contributed by atoms with Gasteiger partial charge in [-0.3, -0.25) is 4.79 Å². The van der Waals surface area contributed by atoms with Crippen molar-refractivity contribution in [3.05, 3.63) is 46.2 Å². The quantitative estimate of drug-likeness (QED) is 0.895. The average molecular weight is 332 g/mol. The first-order valence-electron chi connectivity index (χ1n) is 7.51. The number of aromatic carboxylic acids is 1. The largest absolute Gasteiger partial charge is 0.477 e. The van der Waals surface area contributed by atoms with Gasteiger partial charge in [0.15, 0.2) is 0 Å². The Morgan fingerprint density at radius 3 is 2.54 bits per heavy atom. The SMILES string of the molecule is CC(C)(C)OC(=O)NCCn1cc(C(=O)O)c(=O)c2ccccc21. The third-order valence-corrected chi connectivity index (χ3v) is 3.24. The topological polar surface area (TPSA) is 97.6 Å². The van der Waals surface area contributed by atoms with E-state index in [1.807, 2.05) is 0 Å². The van der Waals surface area contributed by atoms with Crippen molar-refractivity contribution in [3.63, 3.8) is 0 Å². The second-order valence-electron chi connectivity index (χ2n) is 6.32. The summed E-state index contributed by atoms with van der Waals surface area (Å²) in [6, 6.07) is 6.76. The maximum absolute atomic E-state index is 12.2. The van der Waals surface area contributed by atoms with Crippen LogP contribution < -0.4 is 10.7 Å². The van der Waals surface area contributed by atoms with E-state index in [9.17, 15) is 19.5 Å². The lowest BCUT2D eigenvalue weighted by atomic mass is 10.1. The number of carboxylic acids is 1. The summed E-state index contributed by atoms with van der Waals surface area (Å²) in [5.41, 5.74) is -0.802. The highest BCUT2D eigenvalue weighted by atomic mass is 16.6. The maximum Gasteiger partial charge on any atom is 0.407 e. The first kappa shape index (κ1) is 17.5.